The first-order valence-corrected chi connectivity index (χ1v) is 6.84. The molecule has 3 heterocycles. The SMILES string of the molecule is Clc1ccc2c(c1)C(c1ccn[nH]1)=NCc1cncnc1-2. The first-order valence-electron chi connectivity index (χ1n) is 6.46. The third-order valence-corrected chi connectivity index (χ3v) is 3.68. The number of nitrogens with one attached hydrogen (secondary N) is 1. The fourth-order valence-electron chi connectivity index (χ4n) is 2.50. The highest BCUT2D eigenvalue weighted by molar-refractivity contribution is 6.31. The van der Waals surface area contributed by atoms with Gasteiger partial charge in [0.1, 0.15) is 6.33 Å². The van der Waals surface area contributed by atoms with Crippen LogP contribution in [0.2, 0.25) is 5.02 Å². The summed E-state index contributed by atoms with van der Waals surface area (Å²) in [5.41, 5.74) is 5.54. The highest BCUT2D eigenvalue weighted by Gasteiger charge is 2.20. The smallest absolute Gasteiger partial charge is 0.116 e. The summed E-state index contributed by atoms with van der Waals surface area (Å²) >= 11 is 6.17. The number of H-pyrrole nitrogens is 1. The van der Waals surface area contributed by atoms with E-state index in [0.29, 0.717) is 11.6 Å². The number of hydrogen-bond acceptors (Lipinski definition) is 4. The summed E-state index contributed by atoms with van der Waals surface area (Å²) in [5.74, 6) is 0. The van der Waals surface area contributed by atoms with Crippen LogP contribution in [0.3, 0.4) is 0 Å². The fraction of sp³-hybridized carbons (Fsp3) is 0.0667. The predicted octanol–water partition coefficient (Wildman–Crippen LogP) is 2.87. The zero-order chi connectivity index (χ0) is 14.2. The minimum atomic E-state index is 0.525. The lowest BCUT2D eigenvalue weighted by atomic mass is 9.98. The van der Waals surface area contributed by atoms with Gasteiger partial charge in [0, 0.05) is 34.1 Å². The highest BCUT2D eigenvalue weighted by atomic mass is 35.5. The Bertz CT molecular complexity index is 839. The molecule has 0 amide bonds. The van der Waals surface area contributed by atoms with E-state index in [0.717, 1.165) is 33.8 Å². The number of aliphatic imine (C=N–C) groups is 1. The largest absolute Gasteiger partial charge is 0.278 e. The van der Waals surface area contributed by atoms with Gasteiger partial charge in [-0.3, -0.25) is 10.1 Å². The lowest BCUT2D eigenvalue weighted by Crippen LogP contribution is -2.05. The average molecular weight is 296 g/mol. The van der Waals surface area contributed by atoms with Crippen molar-refractivity contribution >= 4 is 17.3 Å². The quantitative estimate of drug-likeness (QED) is 0.750. The summed E-state index contributed by atoms with van der Waals surface area (Å²) in [5, 5.41) is 7.63. The van der Waals surface area contributed by atoms with Gasteiger partial charge in [-0.05, 0) is 18.2 Å². The lowest BCUT2D eigenvalue weighted by molar-refractivity contribution is 1.01. The molecule has 5 nitrogen and oxygen atoms in total. The number of aromatic amines is 1. The maximum atomic E-state index is 6.17. The van der Waals surface area contributed by atoms with E-state index in [1.54, 1.807) is 18.7 Å². The number of nitrogens with zero attached hydrogens (tertiary/aromatic N) is 4. The van der Waals surface area contributed by atoms with Gasteiger partial charge in [0.15, 0.2) is 0 Å². The summed E-state index contributed by atoms with van der Waals surface area (Å²) in [4.78, 5) is 13.2. The summed E-state index contributed by atoms with van der Waals surface area (Å²) in [7, 11) is 0. The molecule has 0 fully saturated rings. The van der Waals surface area contributed by atoms with Crippen LogP contribution in [-0.2, 0) is 6.54 Å². The van der Waals surface area contributed by atoms with Crippen LogP contribution in [0.15, 0.2) is 48.0 Å². The molecule has 0 radical (unpaired) electrons. The molecule has 0 bridgehead atoms. The van der Waals surface area contributed by atoms with Gasteiger partial charge in [0.25, 0.3) is 0 Å². The molecule has 0 saturated heterocycles. The molecule has 102 valence electrons. The molecule has 1 N–H and O–H groups in total. The molecule has 0 unspecified atom stereocenters. The predicted molar refractivity (Wildman–Crippen MR) is 80.4 cm³/mol. The van der Waals surface area contributed by atoms with E-state index < -0.39 is 0 Å². The molecule has 0 saturated carbocycles. The molecule has 1 aliphatic heterocycles. The molecule has 6 heteroatoms. The molecule has 2 aromatic heterocycles. The third-order valence-electron chi connectivity index (χ3n) is 3.44. The normalized spacial score (nSPS) is 13.1. The van der Waals surface area contributed by atoms with Crippen LogP contribution in [0.4, 0.5) is 0 Å². The monoisotopic (exact) mass is 295 g/mol. The number of hydrogen-bond donors (Lipinski definition) is 1. The Hall–Kier alpha value is -2.53. The number of fused-ring (bicyclic) bond motifs is 3. The average Bonchev–Trinajstić information content (AvgIpc) is 2.97. The van der Waals surface area contributed by atoms with Crippen molar-refractivity contribution in [1.29, 1.82) is 0 Å². The number of rotatable bonds is 1. The van der Waals surface area contributed by atoms with Crippen LogP contribution in [0.5, 0.6) is 0 Å². The van der Waals surface area contributed by atoms with Gasteiger partial charge in [-0.2, -0.15) is 5.10 Å². The van der Waals surface area contributed by atoms with Crippen molar-refractivity contribution in [1.82, 2.24) is 20.2 Å². The second kappa shape index (κ2) is 4.79. The van der Waals surface area contributed by atoms with Gasteiger partial charge in [0.05, 0.1) is 23.6 Å². The Morgan fingerprint density at radius 1 is 1.14 bits per heavy atom. The molecule has 0 spiro atoms. The van der Waals surface area contributed by atoms with E-state index in [1.165, 1.54) is 0 Å². The summed E-state index contributed by atoms with van der Waals surface area (Å²) in [6.07, 6.45) is 5.07. The standard InChI is InChI=1S/C15H10ClN5/c16-10-1-2-11-12(5-10)15(13-3-4-20-21-13)18-7-9-6-17-8-19-14(9)11/h1-6,8H,7H2,(H,20,21). The Labute approximate surface area is 125 Å². The summed E-state index contributed by atoms with van der Waals surface area (Å²) in [6.45, 7) is 0.525. The van der Waals surface area contributed by atoms with Gasteiger partial charge in [-0.15, -0.1) is 0 Å². The topological polar surface area (TPSA) is 66.8 Å². The van der Waals surface area contributed by atoms with Crippen molar-refractivity contribution in [2.45, 2.75) is 6.54 Å². The Morgan fingerprint density at radius 3 is 2.95 bits per heavy atom. The molecule has 3 aromatic rings. The van der Waals surface area contributed by atoms with Crippen molar-refractivity contribution in [2.75, 3.05) is 0 Å². The molecule has 1 aromatic carbocycles. The van der Waals surface area contributed by atoms with E-state index in [9.17, 15) is 0 Å². The summed E-state index contributed by atoms with van der Waals surface area (Å²) in [6, 6.07) is 7.64. The van der Waals surface area contributed by atoms with Gasteiger partial charge < -0.3 is 0 Å². The van der Waals surface area contributed by atoms with E-state index in [2.05, 4.69) is 20.2 Å². The maximum Gasteiger partial charge on any atom is 0.116 e. The van der Waals surface area contributed by atoms with Gasteiger partial charge >= 0.3 is 0 Å². The maximum absolute atomic E-state index is 6.17. The van der Waals surface area contributed by atoms with Crippen LogP contribution < -0.4 is 0 Å². The first kappa shape index (κ1) is 12.2. The zero-order valence-corrected chi connectivity index (χ0v) is 11.7. The molecular formula is C15H10ClN5. The molecular weight excluding hydrogens is 286 g/mol. The Morgan fingerprint density at radius 2 is 2.10 bits per heavy atom. The molecule has 4 rings (SSSR count). The second-order valence-electron chi connectivity index (χ2n) is 4.72. The number of halogens is 1. The number of aromatic nitrogens is 4. The van der Waals surface area contributed by atoms with Crippen LogP contribution in [-0.4, -0.2) is 25.9 Å². The first-order chi connectivity index (χ1) is 10.3. The van der Waals surface area contributed by atoms with Crippen molar-refractivity contribution in [3.05, 3.63) is 64.8 Å². The third kappa shape index (κ3) is 2.02. The fourth-order valence-corrected chi connectivity index (χ4v) is 2.68. The van der Waals surface area contributed by atoms with Gasteiger partial charge in [-0.25, -0.2) is 9.97 Å². The molecule has 1 aliphatic rings. The number of benzene rings is 1. The molecule has 21 heavy (non-hydrogen) atoms. The Balaban J connectivity index is 2.02. The van der Waals surface area contributed by atoms with E-state index >= 15 is 0 Å². The zero-order valence-electron chi connectivity index (χ0n) is 10.9. The van der Waals surface area contributed by atoms with Crippen LogP contribution in [0.25, 0.3) is 11.3 Å². The van der Waals surface area contributed by atoms with Crippen molar-refractivity contribution in [3.8, 4) is 11.3 Å². The van der Waals surface area contributed by atoms with Crippen LogP contribution >= 0.6 is 11.6 Å². The molecule has 0 aliphatic carbocycles. The van der Waals surface area contributed by atoms with Crippen LogP contribution in [0, 0.1) is 0 Å². The van der Waals surface area contributed by atoms with E-state index in [4.69, 9.17) is 16.6 Å². The van der Waals surface area contributed by atoms with Gasteiger partial charge in [-0.1, -0.05) is 17.7 Å². The lowest BCUT2D eigenvalue weighted by Gasteiger charge is -2.09. The van der Waals surface area contributed by atoms with E-state index in [1.807, 2.05) is 24.3 Å². The molecule has 0 atom stereocenters. The Kier molecular flexibility index (Phi) is 2.79. The van der Waals surface area contributed by atoms with Crippen LogP contribution in [0.1, 0.15) is 16.8 Å². The van der Waals surface area contributed by atoms with Crippen molar-refractivity contribution < 1.29 is 0 Å². The summed E-state index contributed by atoms with van der Waals surface area (Å²) < 4.78 is 0. The minimum absolute atomic E-state index is 0.525. The van der Waals surface area contributed by atoms with E-state index in [-0.39, 0.29) is 0 Å². The highest BCUT2D eigenvalue weighted by Crippen LogP contribution is 2.32. The van der Waals surface area contributed by atoms with Gasteiger partial charge in [0.2, 0.25) is 0 Å². The van der Waals surface area contributed by atoms with Crippen molar-refractivity contribution in [2.24, 2.45) is 4.99 Å². The second-order valence-corrected chi connectivity index (χ2v) is 5.16. The van der Waals surface area contributed by atoms with Crippen molar-refractivity contribution in [3.63, 3.8) is 0 Å². The minimum Gasteiger partial charge on any atom is -0.278 e.